The van der Waals surface area contributed by atoms with Gasteiger partial charge in [0, 0.05) is 6.07 Å². The second-order valence-corrected chi connectivity index (χ2v) is 4.99. The molecule has 2 aromatic carbocycles. The number of benzene rings is 2. The summed E-state index contributed by atoms with van der Waals surface area (Å²) in [5, 5.41) is 30.6. The van der Waals surface area contributed by atoms with Gasteiger partial charge in [0.25, 0.3) is 5.69 Å². The van der Waals surface area contributed by atoms with E-state index in [0.717, 1.165) is 18.2 Å². The molecule has 0 aliphatic heterocycles. The zero-order valence-electron chi connectivity index (χ0n) is 10.7. The van der Waals surface area contributed by atoms with Crippen LogP contribution in [0.1, 0.15) is 31.8 Å². The van der Waals surface area contributed by atoms with Gasteiger partial charge in [0.1, 0.15) is 17.1 Å². The molecule has 0 atom stereocenters. The van der Waals surface area contributed by atoms with Gasteiger partial charge in [0.05, 0.1) is 26.6 Å². The highest BCUT2D eigenvalue weighted by Gasteiger charge is 2.40. The number of aromatic hydroxyl groups is 2. The van der Waals surface area contributed by atoms with Crippen LogP contribution in [0, 0.1) is 10.1 Å². The number of phenolic OH excluding ortho intramolecular Hbond substituents is 2. The van der Waals surface area contributed by atoms with Gasteiger partial charge in [-0.1, -0.05) is 11.6 Å². The van der Waals surface area contributed by atoms with Crippen LogP contribution in [0.15, 0.2) is 24.3 Å². The van der Waals surface area contributed by atoms with Crippen molar-refractivity contribution in [1.82, 2.24) is 0 Å². The Bertz CT molecular complexity index is 889. The maximum atomic E-state index is 12.5. The quantitative estimate of drug-likeness (QED) is 0.525. The summed E-state index contributed by atoms with van der Waals surface area (Å²) in [5.41, 5.74) is -2.36. The normalized spacial score (nSPS) is 12.8. The van der Waals surface area contributed by atoms with Crippen molar-refractivity contribution < 1.29 is 24.7 Å². The van der Waals surface area contributed by atoms with Crippen LogP contribution in [0.2, 0.25) is 5.02 Å². The number of carbonyl (C=O) groups is 2. The number of fused-ring (bicyclic) bond motifs is 2. The SMILES string of the molecule is O=C1c2c(O)ccc([N+](=O)[O-])c2C(=O)c2c(O)ccc(Cl)c21. The fourth-order valence-corrected chi connectivity index (χ4v) is 2.70. The van der Waals surface area contributed by atoms with Crippen molar-refractivity contribution in [2.45, 2.75) is 0 Å². The highest BCUT2D eigenvalue weighted by molar-refractivity contribution is 6.40. The maximum absolute atomic E-state index is 12.5. The monoisotopic (exact) mass is 319 g/mol. The fourth-order valence-electron chi connectivity index (χ4n) is 2.46. The van der Waals surface area contributed by atoms with Crippen molar-refractivity contribution >= 4 is 28.9 Å². The van der Waals surface area contributed by atoms with Gasteiger partial charge in [-0.05, 0) is 18.2 Å². The predicted octanol–water partition coefficient (Wildman–Crippen LogP) is 2.43. The Balaban J connectivity index is 2.47. The van der Waals surface area contributed by atoms with Crippen LogP contribution in [0.5, 0.6) is 11.5 Å². The number of halogens is 1. The Kier molecular flexibility index (Phi) is 2.89. The minimum absolute atomic E-state index is 0.0947. The van der Waals surface area contributed by atoms with Gasteiger partial charge < -0.3 is 10.2 Å². The Hall–Kier alpha value is -2.93. The molecule has 8 heteroatoms. The highest BCUT2D eigenvalue weighted by Crippen LogP contribution is 2.42. The summed E-state index contributed by atoms with van der Waals surface area (Å²) >= 11 is 5.90. The summed E-state index contributed by atoms with van der Waals surface area (Å²) in [6.07, 6.45) is 0. The van der Waals surface area contributed by atoms with Crippen molar-refractivity contribution in [3.8, 4) is 11.5 Å². The molecule has 0 spiro atoms. The Labute approximate surface area is 127 Å². The number of nitrogens with zero attached hydrogens (tertiary/aromatic N) is 1. The lowest BCUT2D eigenvalue weighted by atomic mass is 9.82. The van der Waals surface area contributed by atoms with Crippen LogP contribution in [0.4, 0.5) is 5.69 Å². The van der Waals surface area contributed by atoms with Crippen LogP contribution in [0.25, 0.3) is 0 Å². The standard InChI is InChI=1S/C14H6ClNO6/c15-5-1-3-7(17)11-9(5)13(19)12-8(18)4-2-6(16(21)22)10(12)14(11)20/h1-4,17-18H. The molecule has 0 unspecified atom stereocenters. The molecule has 0 saturated heterocycles. The molecular weight excluding hydrogens is 314 g/mol. The van der Waals surface area contributed by atoms with Crippen molar-refractivity contribution in [3.05, 3.63) is 61.7 Å². The van der Waals surface area contributed by atoms with Gasteiger partial charge >= 0.3 is 0 Å². The zero-order valence-corrected chi connectivity index (χ0v) is 11.4. The van der Waals surface area contributed by atoms with E-state index in [1.165, 1.54) is 6.07 Å². The summed E-state index contributed by atoms with van der Waals surface area (Å²) in [4.78, 5) is 35.2. The Morgan fingerprint density at radius 2 is 1.36 bits per heavy atom. The first-order valence-corrected chi connectivity index (χ1v) is 6.33. The van der Waals surface area contributed by atoms with Gasteiger partial charge in [0.15, 0.2) is 5.78 Å². The lowest BCUT2D eigenvalue weighted by Gasteiger charge is -2.19. The lowest BCUT2D eigenvalue weighted by Crippen LogP contribution is -2.23. The number of carbonyl (C=O) groups excluding carboxylic acids is 2. The van der Waals surface area contributed by atoms with Crippen molar-refractivity contribution in [1.29, 1.82) is 0 Å². The number of hydrogen-bond acceptors (Lipinski definition) is 6. The molecule has 22 heavy (non-hydrogen) atoms. The van der Waals surface area contributed by atoms with Crippen LogP contribution < -0.4 is 0 Å². The number of phenols is 2. The van der Waals surface area contributed by atoms with E-state index in [-0.39, 0.29) is 10.6 Å². The fraction of sp³-hybridized carbons (Fsp3) is 0. The Morgan fingerprint density at radius 3 is 1.95 bits per heavy atom. The smallest absolute Gasteiger partial charge is 0.281 e. The summed E-state index contributed by atoms with van der Waals surface area (Å²) in [6.45, 7) is 0. The molecular formula is C14H6ClNO6. The highest BCUT2D eigenvalue weighted by atomic mass is 35.5. The summed E-state index contributed by atoms with van der Waals surface area (Å²) in [6, 6.07) is 4.22. The number of hydrogen-bond donors (Lipinski definition) is 2. The molecule has 2 aromatic rings. The van der Waals surface area contributed by atoms with Gasteiger partial charge in [-0.2, -0.15) is 0 Å². The van der Waals surface area contributed by atoms with E-state index in [4.69, 9.17) is 11.6 Å². The average molecular weight is 320 g/mol. The third kappa shape index (κ3) is 1.69. The summed E-state index contributed by atoms with van der Waals surface area (Å²) in [7, 11) is 0. The zero-order chi connectivity index (χ0) is 16.2. The molecule has 0 amide bonds. The number of rotatable bonds is 1. The van der Waals surface area contributed by atoms with Crippen LogP contribution in [-0.4, -0.2) is 26.7 Å². The third-order valence-electron chi connectivity index (χ3n) is 3.40. The predicted molar refractivity (Wildman–Crippen MR) is 74.7 cm³/mol. The van der Waals surface area contributed by atoms with Crippen LogP contribution >= 0.6 is 11.6 Å². The second-order valence-electron chi connectivity index (χ2n) is 4.59. The van der Waals surface area contributed by atoms with Crippen molar-refractivity contribution in [3.63, 3.8) is 0 Å². The molecule has 0 heterocycles. The number of nitro benzene ring substituents is 1. The molecule has 0 radical (unpaired) electrons. The van der Waals surface area contributed by atoms with E-state index in [0.29, 0.717) is 0 Å². The van der Waals surface area contributed by atoms with E-state index in [1.807, 2.05) is 0 Å². The first-order chi connectivity index (χ1) is 10.3. The maximum Gasteiger partial charge on any atom is 0.281 e. The second kappa shape index (κ2) is 4.54. The largest absolute Gasteiger partial charge is 0.507 e. The van der Waals surface area contributed by atoms with E-state index in [2.05, 4.69) is 0 Å². The molecule has 110 valence electrons. The van der Waals surface area contributed by atoms with E-state index in [1.54, 1.807) is 0 Å². The molecule has 2 N–H and O–H groups in total. The van der Waals surface area contributed by atoms with E-state index >= 15 is 0 Å². The van der Waals surface area contributed by atoms with Crippen LogP contribution in [0.3, 0.4) is 0 Å². The van der Waals surface area contributed by atoms with Crippen molar-refractivity contribution in [2.24, 2.45) is 0 Å². The molecule has 0 saturated carbocycles. The average Bonchev–Trinajstić information content (AvgIpc) is 2.46. The van der Waals surface area contributed by atoms with Gasteiger partial charge in [-0.3, -0.25) is 19.7 Å². The van der Waals surface area contributed by atoms with E-state index in [9.17, 15) is 29.9 Å². The number of nitro groups is 1. The van der Waals surface area contributed by atoms with Gasteiger partial charge in [-0.25, -0.2) is 0 Å². The third-order valence-corrected chi connectivity index (χ3v) is 3.71. The van der Waals surface area contributed by atoms with Crippen molar-refractivity contribution in [2.75, 3.05) is 0 Å². The molecule has 1 aliphatic carbocycles. The molecule has 0 bridgehead atoms. The van der Waals surface area contributed by atoms with Gasteiger partial charge in [0.2, 0.25) is 5.78 Å². The molecule has 7 nitrogen and oxygen atoms in total. The van der Waals surface area contributed by atoms with Gasteiger partial charge in [-0.15, -0.1) is 0 Å². The molecule has 3 rings (SSSR count). The Morgan fingerprint density at radius 1 is 0.864 bits per heavy atom. The first kappa shape index (κ1) is 14.0. The number of ketones is 2. The molecule has 1 aliphatic rings. The minimum Gasteiger partial charge on any atom is -0.507 e. The molecule has 0 aromatic heterocycles. The van der Waals surface area contributed by atoms with Crippen LogP contribution in [-0.2, 0) is 0 Å². The first-order valence-electron chi connectivity index (χ1n) is 5.95. The lowest BCUT2D eigenvalue weighted by molar-refractivity contribution is -0.385. The summed E-state index contributed by atoms with van der Waals surface area (Å²) in [5.74, 6) is -2.87. The van der Waals surface area contributed by atoms with E-state index < -0.39 is 50.4 Å². The minimum atomic E-state index is -0.938. The topological polar surface area (TPSA) is 118 Å². The molecule has 0 fully saturated rings. The summed E-state index contributed by atoms with van der Waals surface area (Å²) < 4.78 is 0.